The Kier molecular flexibility index (Phi) is 6.59. The number of benzene rings is 1. The van der Waals surface area contributed by atoms with Gasteiger partial charge in [-0.1, -0.05) is 36.8 Å². The maximum Gasteiger partial charge on any atom is 0.147 e. The van der Waals surface area contributed by atoms with E-state index in [9.17, 15) is 0 Å². The van der Waals surface area contributed by atoms with E-state index in [4.69, 9.17) is 9.57 Å². The Labute approximate surface area is 157 Å². The van der Waals surface area contributed by atoms with Crippen LogP contribution in [0.15, 0.2) is 35.5 Å². The number of ether oxygens (including phenoxy) is 1. The molecular weight excluding hydrogens is 340 g/mol. The molecule has 136 valence electrons. The number of rotatable bonds is 5. The van der Waals surface area contributed by atoms with Gasteiger partial charge in [0.15, 0.2) is 0 Å². The van der Waals surface area contributed by atoms with Crippen molar-refractivity contribution in [2.75, 3.05) is 7.11 Å². The second kappa shape index (κ2) is 8.68. The van der Waals surface area contributed by atoms with Gasteiger partial charge in [0.2, 0.25) is 0 Å². The van der Waals surface area contributed by atoms with Gasteiger partial charge in [0.1, 0.15) is 20.4 Å². The van der Waals surface area contributed by atoms with Gasteiger partial charge >= 0.3 is 0 Å². The predicted octanol–water partition coefficient (Wildman–Crippen LogP) is 4.49. The zero-order chi connectivity index (χ0) is 19.2. The highest BCUT2D eigenvalue weighted by Gasteiger charge is 2.11. The molecule has 0 aliphatic rings. The van der Waals surface area contributed by atoms with E-state index in [1.54, 1.807) is 13.3 Å². The van der Waals surface area contributed by atoms with Crippen LogP contribution in [-0.2, 0) is 11.4 Å². The Balaban J connectivity index is 2.17. The summed E-state index contributed by atoms with van der Waals surface area (Å²) in [6, 6.07) is 9.83. The summed E-state index contributed by atoms with van der Waals surface area (Å²) in [5, 5.41) is 4.06. The lowest BCUT2D eigenvalue weighted by atomic mass is 10.1. The van der Waals surface area contributed by atoms with Gasteiger partial charge in [0, 0.05) is 16.8 Å². The molecule has 0 saturated carbocycles. The molecule has 1 aromatic carbocycles. The second-order valence-electron chi connectivity index (χ2n) is 7.21. The Morgan fingerprint density at radius 3 is 2.62 bits per heavy atom. The van der Waals surface area contributed by atoms with Gasteiger partial charge in [-0.3, -0.25) is 4.98 Å². The number of hydrogen-bond acceptors (Lipinski definition) is 4. The van der Waals surface area contributed by atoms with Crippen LogP contribution in [-0.4, -0.2) is 26.4 Å². The summed E-state index contributed by atoms with van der Waals surface area (Å²) < 4.78 is 5.46. The Morgan fingerprint density at radius 1 is 1.19 bits per heavy atom. The molecule has 0 N–H and O–H groups in total. The normalized spacial score (nSPS) is 11.2. The molecule has 26 heavy (non-hydrogen) atoms. The molecule has 4 nitrogen and oxygen atoms in total. The second-order valence-corrected chi connectivity index (χ2v) is 12.0. The predicted molar refractivity (Wildman–Crippen MR) is 109 cm³/mol. The third kappa shape index (κ3) is 6.05. The number of hydrogen-bond donors (Lipinski definition) is 0. The maximum absolute atomic E-state index is 5.51. The first-order valence-corrected chi connectivity index (χ1v) is 12.1. The Bertz CT molecular complexity index is 838. The molecule has 0 amide bonds. The Morgan fingerprint density at radius 2 is 1.96 bits per heavy atom. The zero-order valence-electron chi connectivity index (χ0n) is 16.4. The first-order chi connectivity index (χ1) is 12.3. The number of aromatic nitrogens is 1. The topological polar surface area (TPSA) is 43.7 Å². The van der Waals surface area contributed by atoms with Gasteiger partial charge in [0.05, 0.1) is 19.0 Å². The van der Waals surface area contributed by atoms with E-state index < -0.39 is 8.07 Å². The van der Waals surface area contributed by atoms with E-state index in [2.05, 4.69) is 41.2 Å². The van der Waals surface area contributed by atoms with Gasteiger partial charge in [-0.05, 0) is 43.7 Å². The molecule has 0 aliphatic carbocycles. The van der Waals surface area contributed by atoms with Crippen LogP contribution in [0.3, 0.4) is 0 Å². The fraction of sp³-hybridized carbons (Fsp3) is 0.333. The average molecular weight is 367 g/mol. The third-order valence-electron chi connectivity index (χ3n) is 3.51. The van der Waals surface area contributed by atoms with Gasteiger partial charge < -0.3 is 9.57 Å². The number of aryl methyl sites for hydroxylation is 2. The first-order valence-electron chi connectivity index (χ1n) is 8.58. The molecule has 0 spiro atoms. The van der Waals surface area contributed by atoms with Crippen LogP contribution in [0.25, 0.3) is 0 Å². The Hall–Kier alpha value is -2.58. The van der Waals surface area contributed by atoms with E-state index in [-0.39, 0.29) is 0 Å². The molecule has 0 radical (unpaired) electrons. The minimum absolute atomic E-state index is 0.293. The SMILES string of the molecule is COc1cccc(C#C[Si](C)(C)C)c1CON=Cc1cc(C)cc(C)n1. The summed E-state index contributed by atoms with van der Waals surface area (Å²) in [7, 11) is 0.186. The maximum atomic E-state index is 5.51. The van der Waals surface area contributed by atoms with Gasteiger partial charge in [-0.2, -0.15) is 0 Å². The first kappa shape index (κ1) is 19.7. The van der Waals surface area contributed by atoms with Crippen LogP contribution in [0.2, 0.25) is 19.6 Å². The molecule has 0 fully saturated rings. The molecule has 2 rings (SSSR count). The van der Waals surface area contributed by atoms with E-state index in [1.807, 2.05) is 44.2 Å². The summed E-state index contributed by atoms with van der Waals surface area (Å²) >= 11 is 0. The lowest BCUT2D eigenvalue weighted by molar-refractivity contribution is 0.129. The number of pyridine rings is 1. The highest BCUT2D eigenvalue weighted by molar-refractivity contribution is 6.83. The number of oxime groups is 1. The molecule has 2 aromatic rings. The summed E-state index contributed by atoms with van der Waals surface area (Å²) in [6.07, 6.45) is 1.63. The number of methoxy groups -OCH3 is 1. The van der Waals surface area contributed by atoms with Crippen LogP contribution in [0, 0.1) is 25.3 Å². The summed E-state index contributed by atoms with van der Waals surface area (Å²) in [4.78, 5) is 9.93. The fourth-order valence-corrected chi connectivity index (χ4v) is 2.92. The van der Waals surface area contributed by atoms with Crippen LogP contribution in [0.1, 0.15) is 28.1 Å². The lowest BCUT2D eigenvalue weighted by Crippen LogP contribution is -2.16. The highest BCUT2D eigenvalue weighted by atomic mass is 28.3. The average Bonchev–Trinajstić information content (AvgIpc) is 2.55. The van der Waals surface area contributed by atoms with Crippen molar-refractivity contribution >= 4 is 14.3 Å². The quantitative estimate of drug-likeness (QED) is 0.339. The van der Waals surface area contributed by atoms with E-state index in [0.29, 0.717) is 6.61 Å². The summed E-state index contributed by atoms with van der Waals surface area (Å²) in [5.74, 6) is 4.05. The fourth-order valence-electron chi connectivity index (χ4n) is 2.41. The molecule has 0 atom stereocenters. The van der Waals surface area contributed by atoms with E-state index in [1.165, 1.54) is 0 Å². The van der Waals surface area contributed by atoms with Crippen molar-refractivity contribution in [3.05, 3.63) is 58.4 Å². The van der Waals surface area contributed by atoms with Crippen LogP contribution in [0.4, 0.5) is 0 Å². The molecule has 5 heteroatoms. The lowest BCUT2D eigenvalue weighted by Gasteiger charge is -2.10. The van der Waals surface area contributed by atoms with Gasteiger partial charge in [0.25, 0.3) is 0 Å². The molecular formula is C21H26N2O2Si. The molecule has 1 aromatic heterocycles. The third-order valence-corrected chi connectivity index (χ3v) is 4.39. The highest BCUT2D eigenvalue weighted by Crippen LogP contribution is 2.23. The van der Waals surface area contributed by atoms with Crippen LogP contribution in [0.5, 0.6) is 5.75 Å². The van der Waals surface area contributed by atoms with Crippen molar-refractivity contribution in [3.8, 4) is 17.2 Å². The number of nitrogens with zero attached hydrogens (tertiary/aromatic N) is 2. The van der Waals surface area contributed by atoms with Crippen molar-refractivity contribution in [1.82, 2.24) is 4.98 Å². The molecule has 0 bridgehead atoms. The minimum atomic E-state index is -1.46. The van der Waals surface area contributed by atoms with Crippen LogP contribution >= 0.6 is 0 Å². The van der Waals surface area contributed by atoms with E-state index >= 15 is 0 Å². The minimum Gasteiger partial charge on any atom is -0.496 e. The zero-order valence-corrected chi connectivity index (χ0v) is 17.4. The van der Waals surface area contributed by atoms with Gasteiger partial charge in [-0.25, -0.2) is 0 Å². The van der Waals surface area contributed by atoms with Crippen molar-refractivity contribution in [3.63, 3.8) is 0 Å². The van der Waals surface area contributed by atoms with Crippen molar-refractivity contribution in [2.24, 2.45) is 5.16 Å². The summed E-state index contributed by atoms with van der Waals surface area (Å²) in [5.41, 5.74) is 8.10. The molecule has 0 saturated heterocycles. The van der Waals surface area contributed by atoms with Gasteiger partial charge in [-0.15, -0.1) is 5.54 Å². The van der Waals surface area contributed by atoms with Crippen molar-refractivity contribution in [2.45, 2.75) is 40.1 Å². The molecule has 1 heterocycles. The monoisotopic (exact) mass is 366 g/mol. The van der Waals surface area contributed by atoms with Crippen molar-refractivity contribution < 1.29 is 9.57 Å². The standard InChI is InChI=1S/C21H26N2O2Si/c1-16-12-17(2)23-19(13-16)14-22-25-15-20-18(10-11-26(4,5)6)8-7-9-21(20)24-3/h7-9,12-14H,15H2,1-6H3. The van der Waals surface area contributed by atoms with E-state index in [0.717, 1.165) is 33.8 Å². The van der Waals surface area contributed by atoms with Crippen LogP contribution < -0.4 is 4.74 Å². The van der Waals surface area contributed by atoms with Crippen molar-refractivity contribution in [1.29, 1.82) is 0 Å². The molecule has 0 aliphatic heterocycles. The molecule has 0 unspecified atom stereocenters. The smallest absolute Gasteiger partial charge is 0.147 e. The largest absolute Gasteiger partial charge is 0.496 e. The summed E-state index contributed by atoms with van der Waals surface area (Å²) in [6.45, 7) is 10.9.